The molecule has 0 aliphatic heterocycles. The van der Waals surface area contributed by atoms with E-state index in [0.717, 1.165) is 43.6 Å². The van der Waals surface area contributed by atoms with E-state index in [1.54, 1.807) is 23.1 Å². The van der Waals surface area contributed by atoms with Crippen LogP contribution in [0.25, 0.3) is 10.6 Å². The Balaban J connectivity index is 1.47. The van der Waals surface area contributed by atoms with Crippen LogP contribution in [0.15, 0.2) is 71.7 Å². The van der Waals surface area contributed by atoms with Gasteiger partial charge in [0, 0.05) is 28.3 Å². The van der Waals surface area contributed by atoms with Crippen molar-refractivity contribution in [3.05, 3.63) is 88.7 Å². The molecule has 4 aromatic rings. The molecular weight excluding hydrogens is 460 g/mol. The second kappa shape index (κ2) is 10.3. The van der Waals surface area contributed by atoms with E-state index in [-0.39, 0.29) is 6.10 Å². The van der Waals surface area contributed by atoms with Gasteiger partial charge in [-0.1, -0.05) is 59.8 Å². The molecule has 1 unspecified atom stereocenters. The van der Waals surface area contributed by atoms with E-state index < -0.39 is 0 Å². The van der Waals surface area contributed by atoms with Crippen LogP contribution in [-0.4, -0.2) is 19.7 Å². The zero-order chi connectivity index (χ0) is 22.5. The molecule has 0 amide bonds. The Hall–Kier alpha value is -2.61. The van der Waals surface area contributed by atoms with Gasteiger partial charge in [0.25, 0.3) is 0 Å². The number of thioether (sulfide) groups is 1. The van der Waals surface area contributed by atoms with E-state index in [0.29, 0.717) is 12.3 Å². The number of nitrogens with zero attached hydrogens (tertiary/aromatic N) is 4. The Labute approximate surface area is 201 Å². The fraction of sp³-hybridized carbons (Fsp3) is 0.208. The van der Waals surface area contributed by atoms with E-state index >= 15 is 0 Å². The number of aromatic nitrogens is 4. The van der Waals surface area contributed by atoms with Crippen molar-refractivity contribution in [3.63, 3.8) is 0 Å². The first-order valence-corrected chi connectivity index (χ1v) is 12.4. The summed E-state index contributed by atoms with van der Waals surface area (Å²) in [5, 5.41) is 13.5. The number of ether oxygens (including phenoxy) is 1. The standard InChI is InChI=1S/C24H23ClN4OS2/c1-4-12-29-22(17(3)30-20-10-11-21(25)16(2)13-20)27-28-24(29)32-15-19-14-31-23(26-19)18-8-6-5-7-9-18/h4-11,13-14,17H,1,12,15H2,2-3H3. The van der Waals surface area contributed by atoms with Crippen molar-refractivity contribution < 1.29 is 4.74 Å². The van der Waals surface area contributed by atoms with E-state index in [4.69, 9.17) is 21.3 Å². The number of rotatable bonds is 9. The Bertz CT molecular complexity index is 1210. The molecule has 0 spiro atoms. The van der Waals surface area contributed by atoms with Crippen molar-refractivity contribution in [3.8, 4) is 16.3 Å². The molecule has 0 bridgehead atoms. The third-order valence-electron chi connectivity index (χ3n) is 4.78. The average Bonchev–Trinajstić information content (AvgIpc) is 3.43. The quantitative estimate of drug-likeness (QED) is 0.190. The van der Waals surface area contributed by atoms with Crippen molar-refractivity contribution in [1.29, 1.82) is 0 Å². The van der Waals surface area contributed by atoms with Gasteiger partial charge in [0.05, 0.1) is 5.69 Å². The van der Waals surface area contributed by atoms with Gasteiger partial charge in [0.1, 0.15) is 10.8 Å². The summed E-state index contributed by atoms with van der Waals surface area (Å²) in [5.74, 6) is 2.21. The van der Waals surface area contributed by atoms with Gasteiger partial charge in [-0.05, 0) is 37.6 Å². The lowest BCUT2D eigenvalue weighted by atomic mass is 10.2. The molecule has 5 nitrogen and oxygen atoms in total. The Morgan fingerprint density at radius 1 is 1.22 bits per heavy atom. The maximum Gasteiger partial charge on any atom is 0.192 e. The summed E-state index contributed by atoms with van der Waals surface area (Å²) < 4.78 is 8.15. The van der Waals surface area contributed by atoms with Crippen LogP contribution in [0.2, 0.25) is 5.02 Å². The molecule has 2 heterocycles. The van der Waals surface area contributed by atoms with E-state index in [1.165, 1.54) is 0 Å². The maximum absolute atomic E-state index is 6.13. The number of benzene rings is 2. The Morgan fingerprint density at radius 3 is 2.78 bits per heavy atom. The van der Waals surface area contributed by atoms with Crippen LogP contribution in [0, 0.1) is 6.92 Å². The lowest BCUT2D eigenvalue weighted by Crippen LogP contribution is -2.12. The molecule has 0 saturated heterocycles. The van der Waals surface area contributed by atoms with Gasteiger partial charge >= 0.3 is 0 Å². The first-order valence-electron chi connectivity index (χ1n) is 10.1. The summed E-state index contributed by atoms with van der Waals surface area (Å²) in [7, 11) is 0. The van der Waals surface area contributed by atoms with Crippen LogP contribution in [0.5, 0.6) is 5.75 Å². The smallest absolute Gasteiger partial charge is 0.192 e. The van der Waals surface area contributed by atoms with Crippen molar-refractivity contribution in [1.82, 2.24) is 19.7 Å². The number of allylic oxidation sites excluding steroid dienone is 1. The average molecular weight is 483 g/mol. The predicted octanol–water partition coefficient (Wildman–Crippen LogP) is 6.98. The van der Waals surface area contributed by atoms with Gasteiger partial charge < -0.3 is 4.74 Å². The van der Waals surface area contributed by atoms with Gasteiger partial charge in [-0.25, -0.2) is 4.98 Å². The number of hydrogen-bond donors (Lipinski definition) is 0. The zero-order valence-corrected chi connectivity index (χ0v) is 20.3. The molecule has 0 radical (unpaired) electrons. The Kier molecular flexibility index (Phi) is 7.29. The number of hydrogen-bond acceptors (Lipinski definition) is 6. The summed E-state index contributed by atoms with van der Waals surface area (Å²) >= 11 is 9.39. The zero-order valence-electron chi connectivity index (χ0n) is 17.9. The van der Waals surface area contributed by atoms with E-state index in [9.17, 15) is 0 Å². The van der Waals surface area contributed by atoms with Crippen LogP contribution in [0.4, 0.5) is 0 Å². The predicted molar refractivity (Wildman–Crippen MR) is 133 cm³/mol. The lowest BCUT2D eigenvalue weighted by molar-refractivity contribution is 0.210. The van der Waals surface area contributed by atoms with Gasteiger partial charge in [-0.2, -0.15) is 0 Å². The van der Waals surface area contributed by atoms with Gasteiger partial charge in [0.15, 0.2) is 17.1 Å². The summed E-state index contributed by atoms with van der Waals surface area (Å²) in [6.07, 6.45) is 1.56. The molecule has 0 fully saturated rings. The topological polar surface area (TPSA) is 52.8 Å². The number of aryl methyl sites for hydroxylation is 1. The van der Waals surface area contributed by atoms with Crippen LogP contribution in [0.3, 0.4) is 0 Å². The molecule has 4 rings (SSSR count). The molecule has 0 saturated carbocycles. The van der Waals surface area contributed by atoms with Gasteiger partial charge in [-0.15, -0.1) is 28.1 Å². The normalized spacial score (nSPS) is 12.0. The molecule has 0 N–H and O–H groups in total. The highest BCUT2D eigenvalue weighted by Crippen LogP contribution is 2.30. The SMILES string of the molecule is C=CCn1c(SCc2csc(-c3ccccc3)n2)nnc1C(C)Oc1ccc(Cl)c(C)c1. The molecule has 164 valence electrons. The van der Waals surface area contributed by atoms with E-state index in [1.807, 2.05) is 60.9 Å². The highest BCUT2D eigenvalue weighted by atomic mass is 35.5. The molecule has 8 heteroatoms. The van der Waals surface area contributed by atoms with Crippen molar-refractivity contribution in [2.45, 2.75) is 37.4 Å². The van der Waals surface area contributed by atoms with Crippen LogP contribution < -0.4 is 4.74 Å². The minimum atomic E-state index is -0.277. The molecule has 0 aliphatic carbocycles. The van der Waals surface area contributed by atoms with Crippen LogP contribution in [-0.2, 0) is 12.3 Å². The fourth-order valence-electron chi connectivity index (χ4n) is 3.18. The second-order valence-corrected chi connectivity index (χ2v) is 9.42. The first-order chi connectivity index (χ1) is 15.5. The minimum Gasteiger partial charge on any atom is -0.483 e. The number of thiazole rings is 1. The molecule has 0 aliphatic rings. The van der Waals surface area contributed by atoms with Crippen molar-refractivity contribution >= 4 is 34.7 Å². The van der Waals surface area contributed by atoms with Crippen molar-refractivity contribution in [2.24, 2.45) is 0 Å². The van der Waals surface area contributed by atoms with Crippen LogP contribution >= 0.6 is 34.7 Å². The largest absolute Gasteiger partial charge is 0.483 e. The monoisotopic (exact) mass is 482 g/mol. The fourth-order valence-corrected chi connectivity index (χ4v) is 5.08. The van der Waals surface area contributed by atoms with E-state index in [2.05, 4.69) is 34.3 Å². The molecule has 32 heavy (non-hydrogen) atoms. The first kappa shape index (κ1) is 22.6. The molecule has 1 atom stereocenters. The Morgan fingerprint density at radius 2 is 2.03 bits per heavy atom. The summed E-state index contributed by atoms with van der Waals surface area (Å²) in [4.78, 5) is 4.77. The van der Waals surface area contributed by atoms with Crippen LogP contribution in [0.1, 0.15) is 30.1 Å². The van der Waals surface area contributed by atoms with Gasteiger partial charge in [-0.3, -0.25) is 4.57 Å². The summed E-state index contributed by atoms with van der Waals surface area (Å²) in [5.41, 5.74) is 3.13. The molecule has 2 aromatic carbocycles. The lowest BCUT2D eigenvalue weighted by Gasteiger charge is -2.16. The minimum absolute atomic E-state index is 0.277. The maximum atomic E-state index is 6.13. The molecule has 2 aromatic heterocycles. The second-order valence-electron chi connectivity index (χ2n) is 7.21. The summed E-state index contributed by atoms with van der Waals surface area (Å²) in [6, 6.07) is 15.8. The number of halogens is 1. The molecular formula is C24H23ClN4OS2. The highest BCUT2D eigenvalue weighted by molar-refractivity contribution is 7.98. The van der Waals surface area contributed by atoms with Crippen molar-refractivity contribution in [2.75, 3.05) is 0 Å². The highest BCUT2D eigenvalue weighted by Gasteiger charge is 2.19. The summed E-state index contributed by atoms with van der Waals surface area (Å²) in [6.45, 7) is 8.41. The van der Waals surface area contributed by atoms with Gasteiger partial charge in [0.2, 0.25) is 0 Å². The third kappa shape index (κ3) is 5.23. The third-order valence-corrected chi connectivity index (χ3v) is 7.15.